The van der Waals surface area contributed by atoms with Crippen molar-refractivity contribution in [3.63, 3.8) is 0 Å². The predicted octanol–water partition coefficient (Wildman–Crippen LogP) is 4.29. The zero-order valence-corrected chi connectivity index (χ0v) is 15.7. The Hall–Kier alpha value is -1.73. The molecule has 134 valence electrons. The summed E-state index contributed by atoms with van der Waals surface area (Å²) in [5.41, 5.74) is -0.0488. The lowest BCUT2D eigenvalue weighted by Gasteiger charge is -2.60. The van der Waals surface area contributed by atoms with Crippen molar-refractivity contribution in [2.24, 2.45) is 11.8 Å². The smallest absolute Gasteiger partial charge is 0.257 e. The topological polar surface area (TPSA) is 69.6 Å². The first-order valence-electron chi connectivity index (χ1n) is 9.10. The summed E-state index contributed by atoms with van der Waals surface area (Å²) in [5, 5.41) is 15.7. The lowest BCUT2D eigenvalue weighted by Crippen LogP contribution is -2.58. The second-order valence-electron chi connectivity index (χ2n) is 8.31. The van der Waals surface area contributed by atoms with Crippen molar-refractivity contribution in [3.8, 4) is 10.8 Å². The van der Waals surface area contributed by atoms with Gasteiger partial charge in [0.1, 0.15) is 6.33 Å². The number of thiophene rings is 1. The van der Waals surface area contributed by atoms with Gasteiger partial charge in [-0.1, -0.05) is 6.07 Å². The highest BCUT2D eigenvalue weighted by atomic mass is 35.5. The van der Waals surface area contributed by atoms with Gasteiger partial charge in [-0.25, -0.2) is 9.67 Å². The molecule has 3 aromatic heterocycles. The van der Waals surface area contributed by atoms with E-state index in [9.17, 15) is 0 Å². The van der Waals surface area contributed by atoms with E-state index in [1.54, 1.807) is 17.7 Å². The molecule has 7 rings (SSSR count). The van der Waals surface area contributed by atoms with E-state index in [0.29, 0.717) is 23.0 Å². The fourth-order valence-electron chi connectivity index (χ4n) is 6.14. The Balaban J connectivity index is 1.43. The average Bonchev–Trinajstić information content (AvgIpc) is 3.35. The van der Waals surface area contributed by atoms with Crippen LogP contribution in [0.3, 0.4) is 0 Å². The van der Waals surface area contributed by atoms with Crippen molar-refractivity contribution in [2.75, 3.05) is 0 Å². The number of hydrogen-bond donors (Lipinski definition) is 0. The van der Waals surface area contributed by atoms with Gasteiger partial charge in [-0.05, 0) is 73.4 Å². The molecule has 8 heteroatoms. The van der Waals surface area contributed by atoms with Crippen LogP contribution in [-0.4, -0.2) is 25.0 Å². The van der Waals surface area contributed by atoms with E-state index in [-0.39, 0.29) is 11.0 Å². The van der Waals surface area contributed by atoms with Gasteiger partial charge in [0.15, 0.2) is 0 Å². The Morgan fingerprint density at radius 3 is 2.73 bits per heavy atom. The summed E-state index contributed by atoms with van der Waals surface area (Å²) in [6.07, 6.45) is 8.66. The molecule has 0 radical (unpaired) electrons. The maximum absolute atomic E-state index is 6.22. The predicted molar refractivity (Wildman–Crippen MR) is 97.0 cm³/mol. The van der Waals surface area contributed by atoms with E-state index >= 15 is 0 Å². The van der Waals surface area contributed by atoms with Gasteiger partial charge in [-0.2, -0.15) is 0 Å². The van der Waals surface area contributed by atoms with Gasteiger partial charge >= 0.3 is 0 Å². The van der Waals surface area contributed by atoms with Crippen LogP contribution in [0.15, 0.2) is 28.3 Å². The molecule has 4 saturated carbocycles. The summed E-state index contributed by atoms with van der Waals surface area (Å²) in [6, 6.07) is 4.04. The largest absolute Gasteiger partial charge is 0.419 e. The van der Waals surface area contributed by atoms with Crippen LogP contribution in [0.5, 0.6) is 0 Å². The van der Waals surface area contributed by atoms with Gasteiger partial charge in [0.2, 0.25) is 11.2 Å². The van der Waals surface area contributed by atoms with Crippen LogP contribution in [-0.2, 0) is 11.0 Å². The number of aromatic nitrogens is 5. The lowest BCUT2D eigenvalue weighted by molar-refractivity contribution is -0.0772. The number of halogens is 1. The average molecular weight is 388 g/mol. The van der Waals surface area contributed by atoms with Crippen LogP contribution in [0.4, 0.5) is 0 Å². The molecule has 0 unspecified atom stereocenters. The van der Waals surface area contributed by atoms with Crippen LogP contribution in [0.1, 0.15) is 44.4 Å². The Kier molecular flexibility index (Phi) is 3.05. The zero-order chi connectivity index (χ0) is 17.4. The minimum absolute atomic E-state index is 0.0121. The van der Waals surface area contributed by atoms with Gasteiger partial charge in [-0.15, -0.1) is 26.6 Å². The van der Waals surface area contributed by atoms with Gasteiger partial charge in [-0.3, -0.25) is 0 Å². The molecular formula is C18H18ClN5OS. The van der Waals surface area contributed by atoms with Crippen molar-refractivity contribution in [3.05, 3.63) is 35.0 Å². The second kappa shape index (κ2) is 5.16. The van der Waals surface area contributed by atoms with Crippen molar-refractivity contribution in [1.29, 1.82) is 0 Å². The highest BCUT2D eigenvalue weighted by molar-refractivity contribution is 7.13. The van der Waals surface area contributed by atoms with E-state index in [0.717, 1.165) is 42.9 Å². The Labute approximate surface area is 159 Å². The Morgan fingerprint density at radius 2 is 2.04 bits per heavy atom. The third-order valence-corrected chi connectivity index (χ3v) is 7.62. The maximum atomic E-state index is 6.22. The SMILES string of the molecule is Clc1ncn(C23C[C@H]4C[C@@H](CC(c5nnc(-c6cccs6)o5)(C4)C2)C3)n1. The molecule has 3 heterocycles. The molecule has 4 bridgehead atoms. The fraction of sp³-hybridized carbons (Fsp3) is 0.556. The molecule has 3 aromatic rings. The molecule has 4 aliphatic rings. The van der Waals surface area contributed by atoms with Crippen LogP contribution in [0.2, 0.25) is 5.28 Å². The molecule has 26 heavy (non-hydrogen) atoms. The van der Waals surface area contributed by atoms with E-state index in [2.05, 4.69) is 20.3 Å². The van der Waals surface area contributed by atoms with Gasteiger partial charge < -0.3 is 4.42 Å². The van der Waals surface area contributed by atoms with Crippen LogP contribution in [0.25, 0.3) is 10.8 Å². The molecule has 0 aliphatic heterocycles. The summed E-state index contributed by atoms with van der Waals surface area (Å²) < 4.78 is 8.24. The number of nitrogens with zero attached hydrogens (tertiary/aromatic N) is 5. The first-order chi connectivity index (χ1) is 12.6. The number of rotatable bonds is 3. The van der Waals surface area contributed by atoms with Crippen molar-refractivity contribution in [1.82, 2.24) is 25.0 Å². The highest BCUT2D eigenvalue weighted by Gasteiger charge is 2.61. The molecule has 0 amide bonds. The normalized spacial score (nSPS) is 35.3. The monoisotopic (exact) mass is 387 g/mol. The van der Waals surface area contributed by atoms with Crippen LogP contribution in [0, 0.1) is 11.8 Å². The maximum Gasteiger partial charge on any atom is 0.257 e. The molecule has 0 N–H and O–H groups in total. The van der Waals surface area contributed by atoms with E-state index < -0.39 is 0 Å². The minimum Gasteiger partial charge on any atom is -0.419 e. The van der Waals surface area contributed by atoms with Crippen LogP contribution >= 0.6 is 22.9 Å². The lowest BCUT2D eigenvalue weighted by atomic mass is 9.47. The molecule has 0 saturated heterocycles. The van der Waals surface area contributed by atoms with Crippen molar-refractivity contribution < 1.29 is 4.42 Å². The summed E-state index contributed by atoms with van der Waals surface area (Å²) in [5.74, 6) is 2.81. The Morgan fingerprint density at radius 1 is 1.19 bits per heavy atom. The van der Waals surface area contributed by atoms with E-state index in [1.165, 1.54) is 6.42 Å². The quantitative estimate of drug-likeness (QED) is 0.670. The molecule has 0 aromatic carbocycles. The number of hydrogen-bond acceptors (Lipinski definition) is 6. The van der Waals surface area contributed by atoms with Gasteiger partial charge in [0.25, 0.3) is 5.89 Å². The summed E-state index contributed by atoms with van der Waals surface area (Å²) in [4.78, 5) is 5.21. The summed E-state index contributed by atoms with van der Waals surface area (Å²) in [7, 11) is 0. The third-order valence-electron chi connectivity index (χ3n) is 6.59. The van der Waals surface area contributed by atoms with Crippen LogP contribution < -0.4 is 0 Å². The standard InChI is InChI=1S/C18H18ClN5OS/c19-16-20-10-24(23-16)18-7-11-4-12(8-18)6-17(5-11,9-18)15-22-21-14(25-15)13-2-1-3-26-13/h1-3,10-12H,4-9H2/t11-,12-,17?,18?/m0/s1. The Bertz CT molecular complexity index is 950. The first kappa shape index (κ1) is 15.3. The minimum atomic E-state index is -0.0367. The molecule has 0 spiro atoms. The molecule has 2 atom stereocenters. The molecule has 4 aliphatic carbocycles. The molecule has 6 nitrogen and oxygen atoms in total. The fourth-order valence-corrected chi connectivity index (χ4v) is 6.91. The van der Waals surface area contributed by atoms with E-state index in [1.807, 2.05) is 22.2 Å². The highest BCUT2D eigenvalue weighted by Crippen LogP contribution is 2.64. The summed E-state index contributed by atoms with van der Waals surface area (Å²) in [6.45, 7) is 0. The van der Waals surface area contributed by atoms with Gasteiger partial charge in [0, 0.05) is 0 Å². The first-order valence-corrected chi connectivity index (χ1v) is 10.4. The van der Waals surface area contributed by atoms with E-state index in [4.69, 9.17) is 16.0 Å². The third kappa shape index (κ3) is 2.10. The molecule has 4 fully saturated rings. The van der Waals surface area contributed by atoms with Crippen molar-refractivity contribution >= 4 is 22.9 Å². The summed E-state index contributed by atoms with van der Waals surface area (Å²) >= 11 is 7.66. The zero-order valence-electron chi connectivity index (χ0n) is 14.1. The molecular weight excluding hydrogens is 370 g/mol. The van der Waals surface area contributed by atoms with Gasteiger partial charge in [0.05, 0.1) is 15.8 Å². The second-order valence-corrected chi connectivity index (χ2v) is 9.60. The van der Waals surface area contributed by atoms with Crippen molar-refractivity contribution in [2.45, 2.75) is 49.5 Å².